The lowest BCUT2D eigenvalue weighted by Gasteiger charge is -2.00. The molecule has 0 fully saturated rings. The van der Waals surface area contributed by atoms with Crippen molar-refractivity contribution in [3.63, 3.8) is 0 Å². The van der Waals surface area contributed by atoms with Crippen molar-refractivity contribution in [3.05, 3.63) is 73.6 Å². The molecule has 0 unspecified atom stereocenters. The van der Waals surface area contributed by atoms with E-state index in [2.05, 4.69) is 35.1 Å². The van der Waals surface area contributed by atoms with Crippen molar-refractivity contribution >= 4 is 22.1 Å². The van der Waals surface area contributed by atoms with E-state index in [1.807, 2.05) is 42.6 Å². The molecular weight excluding hydrogens is 376 g/mol. The fourth-order valence-corrected chi connectivity index (χ4v) is 3.58. The van der Waals surface area contributed by atoms with Gasteiger partial charge in [-0.15, -0.1) is 0 Å². The third kappa shape index (κ3) is 2.62. The average Bonchev–Trinajstić information content (AvgIpc) is 3.43. The number of nitrogens with one attached hydrogen (secondary N) is 2. The summed E-state index contributed by atoms with van der Waals surface area (Å²) in [6.07, 6.45) is 10.4. The first-order valence-corrected chi connectivity index (χ1v) is 9.37. The Morgan fingerprint density at radius 1 is 0.800 bits per heavy atom. The van der Waals surface area contributed by atoms with E-state index in [9.17, 15) is 0 Å². The Morgan fingerprint density at radius 2 is 1.77 bits per heavy atom. The Balaban J connectivity index is 1.52. The van der Waals surface area contributed by atoms with E-state index >= 15 is 0 Å². The zero-order chi connectivity index (χ0) is 19.9. The molecule has 0 aliphatic carbocycles. The summed E-state index contributed by atoms with van der Waals surface area (Å²) in [5.74, 6) is 0.649. The Kier molecular flexibility index (Phi) is 3.60. The maximum absolute atomic E-state index is 4.83. The third-order valence-corrected chi connectivity index (χ3v) is 5.00. The minimum atomic E-state index is 0.649. The summed E-state index contributed by atoms with van der Waals surface area (Å²) in [4.78, 5) is 25.3. The number of hydrogen-bond acceptors (Lipinski definition) is 6. The van der Waals surface area contributed by atoms with E-state index in [0.29, 0.717) is 11.5 Å². The minimum absolute atomic E-state index is 0.649. The number of nitrogens with zero attached hydrogens (tertiary/aromatic N) is 6. The summed E-state index contributed by atoms with van der Waals surface area (Å²) in [7, 11) is 0. The van der Waals surface area contributed by atoms with Crippen LogP contribution in [-0.4, -0.2) is 40.1 Å². The number of pyridine rings is 2. The second-order valence-corrected chi connectivity index (χ2v) is 6.81. The maximum atomic E-state index is 4.83. The number of aromatic amines is 2. The van der Waals surface area contributed by atoms with Gasteiger partial charge in [-0.05, 0) is 24.3 Å². The fraction of sp³-hybridized carbons (Fsp3) is 0. The standard InChI is InChI=1S/C22H14N8/c1-2-14(11-23-6-1)15-5-7-26-21-19(15)27-22(28-21)20-16-10-13(3-4-17(16)29-30-20)18-12-24-8-9-25-18/h1-12H,(H,29,30)(H,26,27,28). The molecule has 0 aliphatic heterocycles. The van der Waals surface area contributed by atoms with E-state index in [1.165, 1.54) is 0 Å². The van der Waals surface area contributed by atoms with Crippen LogP contribution in [0.3, 0.4) is 0 Å². The summed E-state index contributed by atoms with van der Waals surface area (Å²) >= 11 is 0. The third-order valence-electron chi connectivity index (χ3n) is 5.00. The second-order valence-electron chi connectivity index (χ2n) is 6.81. The van der Waals surface area contributed by atoms with Gasteiger partial charge in [-0.25, -0.2) is 9.97 Å². The van der Waals surface area contributed by atoms with Crippen LogP contribution in [0.2, 0.25) is 0 Å². The van der Waals surface area contributed by atoms with Gasteiger partial charge in [0.1, 0.15) is 11.2 Å². The molecule has 5 aromatic heterocycles. The van der Waals surface area contributed by atoms with Gasteiger partial charge in [0.2, 0.25) is 0 Å². The molecule has 8 heteroatoms. The molecule has 6 rings (SSSR count). The number of benzene rings is 1. The predicted octanol–water partition coefficient (Wildman–Crippen LogP) is 4.02. The van der Waals surface area contributed by atoms with E-state index in [-0.39, 0.29) is 0 Å². The Bertz CT molecular complexity index is 1490. The summed E-state index contributed by atoms with van der Waals surface area (Å²) in [6, 6.07) is 11.9. The number of rotatable bonds is 3. The van der Waals surface area contributed by atoms with Gasteiger partial charge in [-0.3, -0.25) is 20.1 Å². The van der Waals surface area contributed by atoms with Gasteiger partial charge >= 0.3 is 0 Å². The summed E-state index contributed by atoms with van der Waals surface area (Å²) in [5, 5.41) is 8.53. The molecule has 0 radical (unpaired) electrons. The number of H-pyrrole nitrogens is 2. The lowest BCUT2D eigenvalue weighted by molar-refractivity contribution is 1.10. The first-order chi connectivity index (χ1) is 14.9. The van der Waals surface area contributed by atoms with Crippen molar-refractivity contribution < 1.29 is 0 Å². The highest BCUT2D eigenvalue weighted by Crippen LogP contribution is 2.31. The SMILES string of the molecule is c1cncc(-c2ccnc3[nH]c(-c4n[nH]c5ccc(-c6cnccn6)cc45)nc23)c1. The molecule has 142 valence electrons. The predicted molar refractivity (Wildman–Crippen MR) is 113 cm³/mol. The number of hydrogen-bond donors (Lipinski definition) is 2. The van der Waals surface area contributed by atoms with Gasteiger partial charge in [0.05, 0.1) is 17.4 Å². The molecule has 6 aromatic rings. The van der Waals surface area contributed by atoms with E-state index < -0.39 is 0 Å². The normalized spacial score (nSPS) is 11.3. The van der Waals surface area contributed by atoms with Crippen molar-refractivity contribution in [1.82, 2.24) is 40.1 Å². The molecule has 0 bridgehead atoms. The molecule has 1 aromatic carbocycles. The molecule has 2 N–H and O–H groups in total. The quantitative estimate of drug-likeness (QED) is 0.472. The van der Waals surface area contributed by atoms with Gasteiger partial charge in [0, 0.05) is 53.1 Å². The van der Waals surface area contributed by atoms with Crippen molar-refractivity contribution in [1.29, 1.82) is 0 Å². The van der Waals surface area contributed by atoms with E-state index in [0.717, 1.165) is 44.5 Å². The smallest absolute Gasteiger partial charge is 0.160 e. The average molecular weight is 390 g/mol. The molecule has 0 spiro atoms. The molecule has 0 aliphatic rings. The summed E-state index contributed by atoms with van der Waals surface area (Å²) in [6.45, 7) is 0. The monoisotopic (exact) mass is 390 g/mol. The Morgan fingerprint density at radius 3 is 2.63 bits per heavy atom. The Hall–Kier alpha value is -4.46. The largest absolute Gasteiger partial charge is 0.321 e. The van der Waals surface area contributed by atoms with E-state index in [4.69, 9.17) is 4.98 Å². The lowest BCUT2D eigenvalue weighted by Crippen LogP contribution is -1.85. The van der Waals surface area contributed by atoms with Gasteiger partial charge in [0.15, 0.2) is 11.5 Å². The highest BCUT2D eigenvalue weighted by atomic mass is 15.1. The van der Waals surface area contributed by atoms with Crippen LogP contribution in [0, 0.1) is 0 Å². The first-order valence-electron chi connectivity index (χ1n) is 9.37. The molecule has 0 atom stereocenters. The Labute approximate surface area is 170 Å². The van der Waals surface area contributed by atoms with Crippen LogP contribution in [0.1, 0.15) is 0 Å². The van der Waals surface area contributed by atoms with Crippen LogP contribution in [0.5, 0.6) is 0 Å². The highest BCUT2D eigenvalue weighted by Gasteiger charge is 2.16. The van der Waals surface area contributed by atoms with Crippen molar-refractivity contribution in [3.8, 4) is 33.9 Å². The second kappa shape index (κ2) is 6.56. The number of aromatic nitrogens is 8. The van der Waals surface area contributed by atoms with Crippen LogP contribution in [0.25, 0.3) is 56.0 Å². The van der Waals surface area contributed by atoms with Crippen molar-refractivity contribution in [2.45, 2.75) is 0 Å². The van der Waals surface area contributed by atoms with Crippen LogP contribution < -0.4 is 0 Å². The zero-order valence-electron chi connectivity index (χ0n) is 15.6. The van der Waals surface area contributed by atoms with Crippen molar-refractivity contribution in [2.24, 2.45) is 0 Å². The fourth-order valence-electron chi connectivity index (χ4n) is 3.58. The van der Waals surface area contributed by atoms with Gasteiger partial charge in [-0.1, -0.05) is 12.1 Å². The zero-order valence-corrected chi connectivity index (χ0v) is 15.6. The van der Waals surface area contributed by atoms with Crippen LogP contribution >= 0.6 is 0 Å². The van der Waals surface area contributed by atoms with Crippen LogP contribution in [0.4, 0.5) is 0 Å². The van der Waals surface area contributed by atoms with Crippen LogP contribution in [0.15, 0.2) is 73.6 Å². The molecule has 8 nitrogen and oxygen atoms in total. The molecule has 0 amide bonds. The first kappa shape index (κ1) is 16.5. The number of fused-ring (bicyclic) bond motifs is 2. The van der Waals surface area contributed by atoms with Gasteiger partial charge < -0.3 is 4.98 Å². The topological polar surface area (TPSA) is 109 Å². The number of imidazole rings is 1. The minimum Gasteiger partial charge on any atom is -0.321 e. The summed E-state index contributed by atoms with van der Waals surface area (Å²) < 4.78 is 0. The molecule has 0 saturated carbocycles. The van der Waals surface area contributed by atoms with Crippen LogP contribution in [-0.2, 0) is 0 Å². The van der Waals surface area contributed by atoms with Gasteiger partial charge in [-0.2, -0.15) is 5.10 Å². The molecule has 0 saturated heterocycles. The van der Waals surface area contributed by atoms with E-state index in [1.54, 1.807) is 31.0 Å². The molecule has 30 heavy (non-hydrogen) atoms. The summed E-state index contributed by atoms with van der Waals surface area (Å²) in [5.41, 5.74) is 6.84. The molecule has 5 heterocycles. The lowest BCUT2D eigenvalue weighted by atomic mass is 10.1. The highest BCUT2D eigenvalue weighted by molar-refractivity contribution is 5.97. The van der Waals surface area contributed by atoms with Crippen molar-refractivity contribution in [2.75, 3.05) is 0 Å². The molecular formula is C22H14N8. The maximum Gasteiger partial charge on any atom is 0.160 e. The van der Waals surface area contributed by atoms with Gasteiger partial charge in [0.25, 0.3) is 0 Å².